The first kappa shape index (κ1) is 21.0. The highest BCUT2D eigenvalue weighted by atomic mass is 16.5. The van der Waals surface area contributed by atoms with Gasteiger partial charge in [0, 0.05) is 11.4 Å². The molecule has 8 heteroatoms. The van der Waals surface area contributed by atoms with Crippen molar-refractivity contribution >= 4 is 17.4 Å². The maximum atomic E-state index is 13.5. The predicted molar refractivity (Wildman–Crippen MR) is 120 cm³/mol. The number of aromatic nitrogens is 2. The van der Waals surface area contributed by atoms with Gasteiger partial charge in [0.15, 0.2) is 11.5 Å². The van der Waals surface area contributed by atoms with Crippen molar-refractivity contribution in [1.29, 1.82) is 5.26 Å². The smallest absolute Gasteiger partial charge is 0.255 e. The van der Waals surface area contributed by atoms with Gasteiger partial charge < -0.3 is 20.5 Å². The lowest BCUT2D eigenvalue weighted by molar-refractivity contribution is -0.113. The summed E-state index contributed by atoms with van der Waals surface area (Å²) < 4.78 is 7.16. The molecule has 32 heavy (non-hydrogen) atoms. The van der Waals surface area contributed by atoms with Gasteiger partial charge in [-0.2, -0.15) is 10.4 Å². The van der Waals surface area contributed by atoms with Crippen molar-refractivity contribution in [2.24, 2.45) is 0 Å². The lowest BCUT2D eigenvalue weighted by Gasteiger charge is -2.30. The maximum Gasteiger partial charge on any atom is 0.255 e. The number of amides is 1. The second-order valence-corrected chi connectivity index (χ2v) is 7.46. The fourth-order valence-electron chi connectivity index (χ4n) is 3.81. The summed E-state index contributed by atoms with van der Waals surface area (Å²) in [7, 11) is 0. The summed E-state index contributed by atoms with van der Waals surface area (Å²) in [6.45, 7) is 5.92. The second-order valence-electron chi connectivity index (χ2n) is 7.46. The van der Waals surface area contributed by atoms with Crippen molar-refractivity contribution in [3.8, 4) is 17.6 Å². The van der Waals surface area contributed by atoms with Gasteiger partial charge in [-0.3, -0.25) is 4.79 Å². The van der Waals surface area contributed by atoms with Crippen molar-refractivity contribution in [2.45, 2.75) is 26.8 Å². The molecule has 2 heterocycles. The number of hydrogen-bond acceptors (Lipinski definition) is 6. The topological polar surface area (TPSA) is 112 Å². The van der Waals surface area contributed by atoms with Gasteiger partial charge in [-0.05, 0) is 50.1 Å². The van der Waals surface area contributed by atoms with Crippen LogP contribution < -0.4 is 15.4 Å². The number of ether oxygens (including phenoxy) is 1. The zero-order valence-corrected chi connectivity index (χ0v) is 18.0. The molecule has 0 aliphatic carbocycles. The monoisotopic (exact) mass is 429 g/mol. The number of nitrogens with one attached hydrogen (secondary N) is 2. The summed E-state index contributed by atoms with van der Waals surface area (Å²) in [4.78, 5) is 13.5. The van der Waals surface area contributed by atoms with Crippen molar-refractivity contribution in [1.82, 2.24) is 9.78 Å². The van der Waals surface area contributed by atoms with Crippen LogP contribution in [0.25, 0.3) is 0 Å². The number of aryl methyl sites for hydroxylation is 1. The van der Waals surface area contributed by atoms with Gasteiger partial charge >= 0.3 is 0 Å². The Bertz CT molecular complexity index is 1270. The number of carbonyl (C=O) groups is 1. The number of nitrogens with zero attached hydrogens (tertiary/aromatic N) is 3. The fraction of sp³-hybridized carbons (Fsp3) is 0.208. The van der Waals surface area contributed by atoms with Crippen molar-refractivity contribution in [3.05, 3.63) is 76.6 Å². The molecule has 162 valence electrons. The molecular formula is C24H23N5O3. The van der Waals surface area contributed by atoms with Crippen LogP contribution in [0.15, 0.2) is 59.9 Å². The number of carbonyl (C=O) groups excluding carboxylic acids is 1. The number of aromatic hydroxyl groups is 1. The highest BCUT2D eigenvalue weighted by molar-refractivity contribution is 6.06. The van der Waals surface area contributed by atoms with E-state index >= 15 is 0 Å². The van der Waals surface area contributed by atoms with E-state index in [1.165, 1.54) is 12.3 Å². The van der Waals surface area contributed by atoms with E-state index in [9.17, 15) is 15.2 Å². The van der Waals surface area contributed by atoms with Gasteiger partial charge in [0.2, 0.25) is 0 Å². The van der Waals surface area contributed by atoms with E-state index in [1.54, 1.807) is 23.7 Å². The maximum absolute atomic E-state index is 13.5. The van der Waals surface area contributed by atoms with E-state index in [0.29, 0.717) is 46.3 Å². The van der Waals surface area contributed by atoms with Crippen molar-refractivity contribution in [2.75, 3.05) is 17.2 Å². The molecule has 0 fully saturated rings. The van der Waals surface area contributed by atoms with Crippen molar-refractivity contribution < 1.29 is 14.6 Å². The van der Waals surface area contributed by atoms with E-state index in [1.807, 2.05) is 38.1 Å². The Hall–Kier alpha value is -4.25. The van der Waals surface area contributed by atoms with Crippen LogP contribution in [-0.2, 0) is 4.79 Å². The Labute approximate surface area is 185 Å². The molecule has 1 amide bonds. The van der Waals surface area contributed by atoms with Gasteiger partial charge in [0.25, 0.3) is 5.91 Å². The van der Waals surface area contributed by atoms with Gasteiger partial charge in [-0.1, -0.05) is 24.3 Å². The third kappa shape index (κ3) is 3.65. The molecule has 0 bridgehead atoms. The van der Waals surface area contributed by atoms with E-state index < -0.39 is 6.04 Å². The molecule has 0 saturated carbocycles. The Kier molecular flexibility index (Phi) is 5.56. The largest absolute Gasteiger partial charge is 0.504 e. The number of fused-ring (bicyclic) bond motifs is 1. The standard InChI is InChI=1S/C24H23N5O3/c1-4-32-20-11-16(9-10-19(20)30)22-21(24(31)28-18-8-6-5-7-14(18)2)15(3)27-23-17(12-25)13-26-29(22)23/h5-11,13,22,27,30H,4H2,1-3H3,(H,28,31). The van der Waals surface area contributed by atoms with Crippen LogP contribution in [-0.4, -0.2) is 27.4 Å². The molecule has 3 aromatic rings. The minimum Gasteiger partial charge on any atom is -0.504 e. The Morgan fingerprint density at radius 2 is 2.09 bits per heavy atom. The number of allylic oxidation sites excluding steroid dienone is 1. The Morgan fingerprint density at radius 3 is 2.81 bits per heavy atom. The number of benzene rings is 2. The molecule has 8 nitrogen and oxygen atoms in total. The average Bonchev–Trinajstić information content (AvgIpc) is 3.18. The molecule has 1 aliphatic rings. The van der Waals surface area contributed by atoms with Crippen LogP contribution in [0.3, 0.4) is 0 Å². The molecule has 0 radical (unpaired) electrons. The van der Waals surface area contributed by atoms with E-state index in [0.717, 1.165) is 5.56 Å². The van der Waals surface area contributed by atoms with Crippen LogP contribution in [0.4, 0.5) is 11.5 Å². The van der Waals surface area contributed by atoms with E-state index in [2.05, 4.69) is 21.8 Å². The zero-order valence-electron chi connectivity index (χ0n) is 18.0. The summed E-state index contributed by atoms with van der Waals surface area (Å²) in [5.74, 6) is 0.539. The first-order valence-electron chi connectivity index (χ1n) is 10.2. The number of anilines is 2. The number of para-hydroxylation sites is 1. The molecule has 0 saturated heterocycles. The molecular weight excluding hydrogens is 406 g/mol. The first-order chi connectivity index (χ1) is 15.4. The summed E-state index contributed by atoms with van der Waals surface area (Å²) in [5, 5.41) is 30.2. The van der Waals surface area contributed by atoms with Crippen LogP contribution in [0, 0.1) is 18.3 Å². The lowest BCUT2D eigenvalue weighted by Crippen LogP contribution is -2.31. The Morgan fingerprint density at radius 1 is 1.31 bits per heavy atom. The number of rotatable bonds is 5. The zero-order chi connectivity index (χ0) is 22.8. The quantitative estimate of drug-likeness (QED) is 0.563. The van der Waals surface area contributed by atoms with Gasteiger partial charge in [0.05, 0.1) is 18.4 Å². The summed E-state index contributed by atoms with van der Waals surface area (Å²) in [6.07, 6.45) is 1.47. The number of hydrogen-bond donors (Lipinski definition) is 3. The molecule has 2 aromatic carbocycles. The van der Waals surface area contributed by atoms with Gasteiger partial charge in [-0.15, -0.1) is 0 Å². The number of nitriles is 1. The third-order valence-electron chi connectivity index (χ3n) is 5.38. The molecule has 1 aromatic heterocycles. The van der Waals surface area contributed by atoms with Crippen molar-refractivity contribution in [3.63, 3.8) is 0 Å². The van der Waals surface area contributed by atoms with E-state index in [4.69, 9.17) is 4.74 Å². The highest BCUT2D eigenvalue weighted by Crippen LogP contribution is 2.40. The van der Waals surface area contributed by atoms with Gasteiger partial charge in [0.1, 0.15) is 23.5 Å². The second kappa shape index (κ2) is 8.47. The molecule has 1 unspecified atom stereocenters. The Balaban J connectivity index is 1.84. The fourth-order valence-corrected chi connectivity index (χ4v) is 3.81. The third-order valence-corrected chi connectivity index (χ3v) is 5.38. The van der Waals surface area contributed by atoms with E-state index in [-0.39, 0.29) is 11.7 Å². The summed E-state index contributed by atoms with van der Waals surface area (Å²) in [5.41, 5.74) is 3.76. The molecule has 1 aliphatic heterocycles. The molecule has 1 atom stereocenters. The summed E-state index contributed by atoms with van der Waals surface area (Å²) >= 11 is 0. The SMILES string of the molecule is CCOc1cc(C2C(C(=O)Nc3ccccc3C)=C(C)Nc3c(C#N)cnn32)ccc1O. The van der Waals surface area contributed by atoms with Gasteiger partial charge in [-0.25, -0.2) is 4.68 Å². The molecule has 3 N–H and O–H groups in total. The first-order valence-corrected chi connectivity index (χ1v) is 10.2. The lowest BCUT2D eigenvalue weighted by atomic mass is 9.94. The predicted octanol–water partition coefficient (Wildman–Crippen LogP) is 4.10. The van der Waals surface area contributed by atoms with Crippen LogP contribution in [0.2, 0.25) is 0 Å². The number of phenolic OH excluding ortho intramolecular Hbond substituents is 1. The van der Waals surface area contributed by atoms with Crippen LogP contribution >= 0.6 is 0 Å². The minimum absolute atomic E-state index is 0.00884. The average molecular weight is 429 g/mol. The molecule has 0 spiro atoms. The minimum atomic E-state index is -0.628. The highest BCUT2D eigenvalue weighted by Gasteiger charge is 2.34. The van der Waals surface area contributed by atoms with Crippen LogP contribution in [0.5, 0.6) is 11.5 Å². The normalized spacial score (nSPS) is 14.9. The molecule has 4 rings (SSSR count). The van der Waals surface area contributed by atoms with Crippen LogP contribution in [0.1, 0.15) is 36.6 Å². The number of phenols is 1. The summed E-state index contributed by atoms with van der Waals surface area (Å²) in [6, 6.07) is 14.0.